The van der Waals surface area contributed by atoms with Crippen LogP contribution in [0.15, 0.2) is 0 Å². The second kappa shape index (κ2) is 5.65. The topological polar surface area (TPSA) is 9.23 Å². The van der Waals surface area contributed by atoms with Gasteiger partial charge in [0.25, 0.3) is 0 Å². The Morgan fingerprint density at radius 2 is 1.63 bits per heavy atom. The molecule has 0 N–H and O–H groups in total. The summed E-state index contributed by atoms with van der Waals surface area (Å²) in [4.78, 5) is 0. The van der Waals surface area contributed by atoms with Gasteiger partial charge in [0.1, 0.15) is 0 Å². The average Bonchev–Trinajstić information content (AvgIpc) is 2.37. The van der Waals surface area contributed by atoms with Gasteiger partial charge in [-0.25, -0.2) is 0 Å². The third kappa shape index (κ3) is 2.89. The highest BCUT2D eigenvalue weighted by atomic mass is 28.4. The van der Waals surface area contributed by atoms with Crippen LogP contribution in [0.4, 0.5) is 0 Å². The highest BCUT2D eigenvalue weighted by Crippen LogP contribution is 2.52. The van der Waals surface area contributed by atoms with Crippen molar-refractivity contribution in [1.29, 1.82) is 0 Å². The van der Waals surface area contributed by atoms with Crippen LogP contribution in [0.5, 0.6) is 0 Å². The highest BCUT2D eigenvalue weighted by molar-refractivity contribution is 6.84. The molecule has 3 heteroatoms. The van der Waals surface area contributed by atoms with Gasteiger partial charge in [-0.1, -0.05) is 61.1 Å². The molecule has 0 spiro atoms. The van der Waals surface area contributed by atoms with E-state index in [1.807, 2.05) is 0 Å². The van der Waals surface area contributed by atoms with Crippen LogP contribution in [0.2, 0.25) is 36.3 Å². The molecule has 1 unspecified atom stereocenters. The minimum atomic E-state index is -1.46. The zero-order valence-electron chi connectivity index (χ0n) is 14.7. The second-order valence-corrected chi connectivity index (χ2v) is 18.2. The third-order valence-electron chi connectivity index (χ3n) is 6.50. The Balaban J connectivity index is 3.17. The quantitative estimate of drug-likeness (QED) is 0.580. The molecule has 0 saturated carbocycles. The average molecular weight is 301 g/mol. The number of rotatable bonds is 4. The molecule has 0 aromatic heterocycles. The van der Waals surface area contributed by atoms with Gasteiger partial charge in [-0.15, -0.1) is 0 Å². The zero-order chi connectivity index (χ0) is 14.9. The van der Waals surface area contributed by atoms with Gasteiger partial charge in [-0.2, -0.15) is 0 Å². The fourth-order valence-corrected chi connectivity index (χ4v) is 12.0. The molecule has 1 fully saturated rings. The predicted octanol–water partition coefficient (Wildman–Crippen LogP) is 5.98. The first-order valence-corrected chi connectivity index (χ1v) is 13.8. The van der Waals surface area contributed by atoms with Crippen molar-refractivity contribution in [3.05, 3.63) is 0 Å². The molecule has 1 saturated heterocycles. The Bertz CT molecular complexity index is 302. The van der Waals surface area contributed by atoms with Crippen molar-refractivity contribution >= 4 is 16.4 Å². The summed E-state index contributed by atoms with van der Waals surface area (Å²) >= 11 is 0. The smallest absolute Gasteiger partial charge is 0.192 e. The van der Waals surface area contributed by atoms with Crippen LogP contribution < -0.4 is 0 Å². The lowest BCUT2D eigenvalue weighted by Gasteiger charge is -2.58. The summed E-state index contributed by atoms with van der Waals surface area (Å²) < 4.78 is 7.10. The van der Waals surface area contributed by atoms with Crippen molar-refractivity contribution in [1.82, 2.24) is 0 Å². The second-order valence-electron chi connectivity index (χ2n) is 8.07. The van der Waals surface area contributed by atoms with Crippen molar-refractivity contribution in [3.63, 3.8) is 0 Å². The Morgan fingerprint density at radius 1 is 1.11 bits per heavy atom. The van der Waals surface area contributed by atoms with Crippen LogP contribution in [0.25, 0.3) is 0 Å². The van der Waals surface area contributed by atoms with Gasteiger partial charge < -0.3 is 4.43 Å². The van der Waals surface area contributed by atoms with Crippen LogP contribution >= 0.6 is 0 Å². The largest absolute Gasteiger partial charge is 0.414 e. The van der Waals surface area contributed by atoms with Gasteiger partial charge in [0, 0.05) is 5.22 Å². The summed E-state index contributed by atoms with van der Waals surface area (Å²) in [6, 6.07) is 4.01. The molecule has 1 atom stereocenters. The predicted molar refractivity (Wildman–Crippen MR) is 92.1 cm³/mol. The first-order valence-electron chi connectivity index (χ1n) is 8.30. The van der Waals surface area contributed by atoms with Crippen LogP contribution in [0, 0.1) is 0 Å². The Labute approximate surface area is 123 Å². The van der Waals surface area contributed by atoms with Crippen LogP contribution in [0.3, 0.4) is 0 Å². The molecule has 0 aromatic rings. The SMILES string of the molecule is CCC1([Si](C)(C)C(C)(C)C)CCC[Si](CC)(CC)O1. The highest BCUT2D eigenvalue weighted by Gasteiger charge is 2.57. The molecule has 0 bridgehead atoms. The molecule has 0 amide bonds. The van der Waals surface area contributed by atoms with Gasteiger partial charge in [0.05, 0.1) is 8.07 Å². The number of hydrogen-bond donors (Lipinski definition) is 0. The van der Waals surface area contributed by atoms with Crippen LogP contribution in [-0.4, -0.2) is 21.6 Å². The molecule has 0 radical (unpaired) electrons. The van der Waals surface area contributed by atoms with E-state index in [0.29, 0.717) is 5.04 Å². The van der Waals surface area contributed by atoms with Gasteiger partial charge in [0.15, 0.2) is 8.32 Å². The van der Waals surface area contributed by atoms with Crippen molar-refractivity contribution in [2.24, 2.45) is 0 Å². The molecular formula is C16H36OSi2. The van der Waals surface area contributed by atoms with E-state index >= 15 is 0 Å². The first kappa shape index (κ1) is 17.4. The summed E-state index contributed by atoms with van der Waals surface area (Å²) in [6.07, 6.45) is 3.95. The Morgan fingerprint density at radius 3 is 2.00 bits per heavy atom. The summed E-state index contributed by atoms with van der Waals surface area (Å²) in [5, 5.41) is 0.656. The van der Waals surface area contributed by atoms with Crippen LogP contribution in [0.1, 0.15) is 60.8 Å². The monoisotopic (exact) mass is 300 g/mol. The molecule has 114 valence electrons. The zero-order valence-corrected chi connectivity index (χ0v) is 16.7. The summed E-state index contributed by atoms with van der Waals surface area (Å²) in [6.45, 7) is 19.6. The van der Waals surface area contributed by atoms with Gasteiger partial charge in [-0.3, -0.25) is 0 Å². The lowest BCUT2D eigenvalue weighted by atomic mass is 10.1. The van der Waals surface area contributed by atoms with E-state index < -0.39 is 16.4 Å². The van der Waals surface area contributed by atoms with Crippen LogP contribution in [-0.2, 0) is 4.43 Å². The fourth-order valence-electron chi connectivity index (χ4n) is 3.77. The maximum Gasteiger partial charge on any atom is 0.192 e. The van der Waals surface area contributed by atoms with Crippen molar-refractivity contribution < 1.29 is 4.43 Å². The lowest BCUT2D eigenvalue weighted by Crippen LogP contribution is -2.66. The third-order valence-corrected chi connectivity index (χ3v) is 18.1. The molecule has 1 nitrogen and oxygen atoms in total. The molecule has 0 aromatic carbocycles. The van der Waals surface area contributed by atoms with E-state index in [9.17, 15) is 0 Å². The van der Waals surface area contributed by atoms with Gasteiger partial charge >= 0.3 is 0 Å². The molecule has 1 aliphatic heterocycles. The van der Waals surface area contributed by atoms with Crippen molar-refractivity contribution in [2.45, 2.75) is 102 Å². The Hall–Kier alpha value is 0.394. The fraction of sp³-hybridized carbons (Fsp3) is 1.00. The maximum atomic E-state index is 7.10. The molecular weight excluding hydrogens is 264 g/mol. The van der Waals surface area contributed by atoms with Crippen molar-refractivity contribution in [3.8, 4) is 0 Å². The Kier molecular flexibility index (Phi) is 5.18. The summed E-state index contributed by atoms with van der Waals surface area (Å²) in [7, 11) is -2.90. The summed E-state index contributed by atoms with van der Waals surface area (Å²) in [5.41, 5.74) is 0. The lowest BCUT2D eigenvalue weighted by molar-refractivity contribution is 0.0917. The standard InChI is InChI=1S/C16H36OSi2/c1-9-16(18(7,8)15(4,5)6)13-12-14-19(10-2,11-3)17-16/h9-14H2,1-8H3. The van der Waals surface area contributed by atoms with E-state index in [4.69, 9.17) is 4.43 Å². The molecule has 0 aliphatic carbocycles. The minimum Gasteiger partial charge on any atom is -0.414 e. The van der Waals surface area contributed by atoms with E-state index in [0.717, 1.165) is 0 Å². The first-order chi connectivity index (χ1) is 8.60. The molecule has 1 rings (SSSR count). The number of hydrogen-bond acceptors (Lipinski definition) is 1. The van der Waals surface area contributed by atoms with E-state index in [-0.39, 0.29) is 5.22 Å². The van der Waals surface area contributed by atoms with Gasteiger partial charge in [-0.05, 0) is 36.0 Å². The molecule has 19 heavy (non-hydrogen) atoms. The van der Waals surface area contributed by atoms with Gasteiger partial charge in [0.2, 0.25) is 0 Å². The molecule has 1 aliphatic rings. The maximum absolute atomic E-state index is 7.10. The van der Waals surface area contributed by atoms with E-state index in [1.54, 1.807) is 0 Å². The normalized spacial score (nSPS) is 28.4. The van der Waals surface area contributed by atoms with Crippen molar-refractivity contribution in [2.75, 3.05) is 0 Å². The summed E-state index contributed by atoms with van der Waals surface area (Å²) in [5.74, 6) is 0. The molecule has 1 heterocycles. The minimum absolute atomic E-state index is 0.238. The van der Waals surface area contributed by atoms with E-state index in [1.165, 1.54) is 37.4 Å². The van der Waals surface area contributed by atoms with E-state index in [2.05, 4.69) is 54.6 Å².